The second-order valence-corrected chi connectivity index (χ2v) is 3.14. The fourth-order valence-electron chi connectivity index (χ4n) is 1.31. The quantitative estimate of drug-likeness (QED) is 0.544. The standard InChI is InChI=1S/C11H16N2/c1-2-4-10(12)7-9-5-3-6-11(13)8-9/h2-6,8,10H,7,12-13H2,1H3. The van der Waals surface area contributed by atoms with Crippen LogP contribution in [0, 0.1) is 0 Å². The van der Waals surface area contributed by atoms with Crippen molar-refractivity contribution in [2.45, 2.75) is 19.4 Å². The van der Waals surface area contributed by atoms with Crippen molar-refractivity contribution in [3.8, 4) is 0 Å². The third kappa shape index (κ3) is 3.30. The minimum absolute atomic E-state index is 0.0896. The molecule has 0 amide bonds. The molecule has 1 rings (SSSR count). The molecule has 13 heavy (non-hydrogen) atoms. The van der Waals surface area contributed by atoms with Gasteiger partial charge in [0.1, 0.15) is 0 Å². The van der Waals surface area contributed by atoms with E-state index in [0.717, 1.165) is 12.1 Å². The summed E-state index contributed by atoms with van der Waals surface area (Å²) in [7, 11) is 0. The normalized spacial score (nSPS) is 13.4. The fraction of sp³-hybridized carbons (Fsp3) is 0.273. The van der Waals surface area contributed by atoms with Gasteiger partial charge in [-0.3, -0.25) is 0 Å². The van der Waals surface area contributed by atoms with Gasteiger partial charge in [0.2, 0.25) is 0 Å². The minimum Gasteiger partial charge on any atom is -0.399 e. The summed E-state index contributed by atoms with van der Waals surface area (Å²) in [6.07, 6.45) is 4.80. The molecule has 0 bridgehead atoms. The lowest BCUT2D eigenvalue weighted by Crippen LogP contribution is -2.19. The van der Waals surface area contributed by atoms with E-state index in [2.05, 4.69) is 0 Å². The molecular formula is C11H16N2. The minimum atomic E-state index is 0.0896. The number of allylic oxidation sites excluding steroid dienone is 1. The first kappa shape index (κ1) is 9.81. The zero-order chi connectivity index (χ0) is 9.68. The first-order chi connectivity index (χ1) is 6.22. The molecule has 2 heteroatoms. The largest absolute Gasteiger partial charge is 0.399 e. The first-order valence-electron chi connectivity index (χ1n) is 4.45. The number of anilines is 1. The third-order valence-corrected chi connectivity index (χ3v) is 1.86. The summed E-state index contributed by atoms with van der Waals surface area (Å²) in [5, 5.41) is 0. The van der Waals surface area contributed by atoms with Crippen LogP contribution in [0.15, 0.2) is 36.4 Å². The number of rotatable bonds is 3. The molecule has 0 fully saturated rings. The summed E-state index contributed by atoms with van der Waals surface area (Å²) in [6.45, 7) is 1.97. The van der Waals surface area contributed by atoms with E-state index in [1.165, 1.54) is 5.56 Å². The highest BCUT2D eigenvalue weighted by Crippen LogP contribution is 2.08. The van der Waals surface area contributed by atoms with Gasteiger partial charge in [-0.25, -0.2) is 0 Å². The maximum atomic E-state index is 5.84. The molecule has 1 unspecified atom stereocenters. The van der Waals surface area contributed by atoms with Gasteiger partial charge in [-0.1, -0.05) is 24.3 Å². The zero-order valence-corrected chi connectivity index (χ0v) is 7.90. The molecule has 70 valence electrons. The van der Waals surface area contributed by atoms with Crippen molar-refractivity contribution < 1.29 is 0 Å². The predicted molar refractivity (Wildman–Crippen MR) is 57.3 cm³/mol. The summed E-state index contributed by atoms with van der Waals surface area (Å²) < 4.78 is 0. The van der Waals surface area contributed by atoms with Crippen molar-refractivity contribution in [2.24, 2.45) is 5.73 Å². The van der Waals surface area contributed by atoms with Crippen molar-refractivity contribution in [3.05, 3.63) is 42.0 Å². The van der Waals surface area contributed by atoms with Crippen LogP contribution in [0.3, 0.4) is 0 Å². The van der Waals surface area contributed by atoms with Gasteiger partial charge < -0.3 is 11.5 Å². The van der Waals surface area contributed by atoms with Gasteiger partial charge in [0.15, 0.2) is 0 Å². The van der Waals surface area contributed by atoms with Crippen LogP contribution in [0.1, 0.15) is 12.5 Å². The SMILES string of the molecule is CC=CC(N)Cc1cccc(N)c1. The monoisotopic (exact) mass is 176 g/mol. The maximum Gasteiger partial charge on any atom is 0.0316 e. The molecule has 2 nitrogen and oxygen atoms in total. The van der Waals surface area contributed by atoms with Crippen molar-refractivity contribution >= 4 is 5.69 Å². The highest BCUT2D eigenvalue weighted by atomic mass is 14.6. The third-order valence-electron chi connectivity index (χ3n) is 1.86. The van der Waals surface area contributed by atoms with Gasteiger partial charge in [-0.2, -0.15) is 0 Å². The number of hydrogen-bond acceptors (Lipinski definition) is 2. The van der Waals surface area contributed by atoms with E-state index in [4.69, 9.17) is 11.5 Å². The van der Waals surface area contributed by atoms with Crippen LogP contribution in [-0.2, 0) is 6.42 Å². The van der Waals surface area contributed by atoms with Gasteiger partial charge in [-0.15, -0.1) is 0 Å². The number of nitrogen functional groups attached to an aromatic ring is 1. The summed E-state index contributed by atoms with van der Waals surface area (Å²) in [5.74, 6) is 0. The Bertz CT molecular complexity index is 292. The van der Waals surface area contributed by atoms with Gasteiger partial charge in [0.25, 0.3) is 0 Å². The second kappa shape index (κ2) is 4.67. The van der Waals surface area contributed by atoms with Crippen LogP contribution in [0.25, 0.3) is 0 Å². The molecule has 0 aliphatic carbocycles. The summed E-state index contributed by atoms with van der Waals surface area (Å²) in [4.78, 5) is 0. The highest BCUT2D eigenvalue weighted by Gasteiger charge is 1.99. The second-order valence-electron chi connectivity index (χ2n) is 3.14. The number of nitrogens with two attached hydrogens (primary N) is 2. The van der Waals surface area contributed by atoms with Crippen LogP contribution >= 0.6 is 0 Å². The first-order valence-corrected chi connectivity index (χ1v) is 4.45. The van der Waals surface area contributed by atoms with Gasteiger partial charge in [0.05, 0.1) is 0 Å². The number of hydrogen-bond donors (Lipinski definition) is 2. The summed E-state index contributed by atoms with van der Waals surface area (Å²) in [6, 6.07) is 7.92. The molecular weight excluding hydrogens is 160 g/mol. The molecule has 0 aliphatic rings. The van der Waals surface area contributed by atoms with Crippen molar-refractivity contribution in [1.82, 2.24) is 0 Å². The smallest absolute Gasteiger partial charge is 0.0316 e. The lowest BCUT2D eigenvalue weighted by molar-refractivity contribution is 0.809. The topological polar surface area (TPSA) is 52.0 Å². The Balaban J connectivity index is 2.63. The maximum absolute atomic E-state index is 5.84. The van der Waals surface area contributed by atoms with Crippen LogP contribution in [0.2, 0.25) is 0 Å². The van der Waals surface area contributed by atoms with Crippen LogP contribution in [0.5, 0.6) is 0 Å². The average Bonchev–Trinajstić information content (AvgIpc) is 2.04. The molecule has 4 N–H and O–H groups in total. The summed E-state index contributed by atoms with van der Waals surface area (Å²) in [5.41, 5.74) is 13.5. The highest BCUT2D eigenvalue weighted by molar-refractivity contribution is 5.40. The molecule has 1 aromatic rings. The lowest BCUT2D eigenvalue weighted by Gasteiger charge is -2.06. The van der Waals surface area contributed by atoms with E-state index in [-0.39, 0.29) is 6.04 Å². The van der Waals surface area contributed by atoms with Gasteiger partial charge in [-0.05, 0) is 31.0 Å². The van der Waals surface area contributed by atoms with E-state index < -0.39 is 0 Å². The Morgan fingerprint density at radius 2 is 2.23 bits per heavy atom. The Labute approximate surface area is 79.2 Å². The molecule has 0 aliphatic heterocycles. The van der Waals surface area contributed by atoms with Gasteiger partial charge >= 0.3 is 0 Å². The fourth-order valence-corrected chi connectivity index (χ4v) is 1.31. The molecule has 0 saturated heterocycles. The molecule has 1 aromatic carbocycles. The summed E-state index contributed by atoms with van der Waals surface area (Å²) >= 11 is 0. The average molecular weight is 176 g/mol. The van der Waals surface area contributed by atoms with E-state index in [1.807, 2.05) is 43.3 Å². The van der Waals surface area contributed by atoms with Crippen molar-refractivity contribution in [2.75, 3.05) is 5.73 Å². The number of benzene rings is 1. The Kier molecular flexibility index (Phi) is 3.53. The van der Waals surface area contributed by atoms with Crippen LogP contribution in [0.4, 0.5) is 5.69 Å². The molecule has 1 atom stereocenters. The van der Waals surface area contributed by atoms with E-state index in [9.17, 15) is 0 Å². The van der Waals surface area contributed by atoms with Crippen molar-refractivity contribution in [1.29, 1.82) is 0 Å². The molecule has 0 heterocycles. The van der Waals surface area contributed by atoms with Crippen LogP contribution < -0.4 is 11.5 Å². The van der Waals surface area contributed by atoms with E-state index in [1.54, 1.807) is 0 Å². The van der Waals surface area contributed by atoms with Crippen molar-refractivity contribution in [3.63, 3.8) is 0 Å². The molecule has 0 aromatic heterocycles. The predicted octanol–water partition coefficient (Wildman–Crippen LogP) is 1.71. The molecule has 0 saturated carbocycles. The Morgan fingerprint density at radius 1 is 1.46 bits per heavy atom. The Morgan fingerprint density at radius 3 is 2.85 bits per heavy atom. The molecule has 0 spiro atoms. The molecule has 0 radical (unpaired) electrons. The van der Waals surface area contributed by atoms with Crippen LogP contribution in [-0.4, -0.2) is 6.04 Å². The van der Waals surface area contributed by atoms with E-state index >= 15 is 0 Å². The zero-order valence-electron chi connectivity index (χ0n) is 7.90. The van der Waals surface area contributed by atoms with E-state index in [0.29, 0.717) is 0 Å². The van der Waals surface area contributed by atoms with Gasteiger partial charge in [0, 0.05) is 11.7 Å². The Hall–Kier alpha value is -1.28. The lowest BCUT2D eigenvalue weighted by atomic mass is 10.1.